The minimum Gasteiger partial charge on any atom is -0.103 e. The fourth-order valence-electron chi connectivity index (χ4n) is 12.4. The third-order valence-corrected chi connectivity index (χ3v) is 15.0. The summed E-state index contributed by atoms with van der Waals surface area (Å²) in [5.74, 6) is 7.27. The molecule has 0 heteroatoms. The largest absolute Gasteiger partial charge is 0.103 e. The lowest BCUT2D eigenvalue weighted by atomic mass is 9.50. The maximum absolute atomic E-state index is 4.10. The van der Waals surface area contributed by atoms with Crippen LogP contribution in [0.2, 0.25) is 0 Å². The van der Waals surface area contributed by atoms with E-state index in [0.29, 0.717) is 28.1 Å². The van der Waals surface area contributed by atoms with Gasteiger partial charge in [-0.1, -0.05) is 122 Å². The third kappa shape index (κ3) is 6.11. The standard InChI is InChI=1S/C46H68/c1-10-11-28-45(8,9)36-22-23-37(29-36)46(32-18-14-12-15-19-32,33-20-16-13-17-21-33)42-40-30-34(43(2,3)4)24-26-38(40)39-27-25-35(31-41(39)42)44(5,6)7/h10,12-21,34-42H,1,11,22-31H2,2-9H3. The highest BCUT2D eigenvalue weighted by atomic mass is 14.7. The van der Waals surface area contributed by atoms with Crippen LogP contribution in [-0.4, -0.2) is 0 Å². The van der Waals surface area contributed by atoms with Crippen molar-refractivity contribution in [3.05, 3.63) is 84.4 Å². The van der Waals surface area contributed by atoms with Crippen LogP contribution in [0.15, 0.2) is 73.3 Å². The van der Waals surface area contributed by atoms with Crippen LogP contribution in [0.1, 0.15) is 137 Å². The van der Waals surface area contributed by atoms with Crippen molar-refractivity contribution in [1.82, 2.24) is 0 Å². The molecule has 0 nitrogen and oxygen atoms in total. The first-order valence-corrected chi connectivity index (χ1v) is 19.5. The predicted molar refractivity (Wildman–Crippen MR) is 199 cm³/mol. The second kappa shape index (κ2) is 12.9. The quantitative estimate of drug-likeness (QED) is 0.258. The van der Waals surface area contributed by atoms with Gasteiger partial charge >= 0.3 is 0 Å². The molecular formula is C46H68. The van der Waals surface area contributed by atoms with Crippen LogP contribution in [0.3, 0.4) is 0 Å². The zero-order valence-corrected chi connectivity index (χ0v) is 31.0. The van der Waals surface area contributed by atoms with Gasteiger partial charge in [-0.05, 0) is 151 Å². The van der Waals surface area contributed by atoms with Crippen LogP contribution in [0, 0.1) is 69.5 Å². The fraction of sp³-hybridized carbons (Fsp3) is 0.696. The van der Waals surface area contributed by atoms with Gasteiger partial charge in [0, 0.05) is 5.41 Å². The van der Waals surface area contributed by atoms with Gasteiger partial charge in [-0.3, -0.25) is 0 Å². The summed E-state index contributed by atoms with van der Waals surface area (Å²) < 4.78 is 0. The Morgan fingerprint density at radius 2 is 0.978 bits per heavy atom. The molecule has 4 fully saturated rings. The lowest BCUT2D eigenvalue weighted by Crippen LogP contribution is -2.49. The van der Waals surface area contributed by atoms with Gasteiger partial charge in [0.05, 0.1) is 0 Å². The van der Waals surface area contributed by atoms with Crippen LogP contribution in [0.4, 0.5) is 0 Å². The Labute approximate surface area is 284 Å². The van der Waals surface area contributed by atoms with Gasteiger partial charge in [-0.2, -0.15) is 0 Å². The molecule has 0 bridgehead atoms. The van der Waals surface area contributed by atoms with E-state index >= 15 is 0 Å². The smallest absolute Gasteiger partial charge is 0.0264 e. The van der Waals surface area contributed by atoms with E-state index in [0.717, 1.165) is 47.8 Å². The number of rotatable bonds is 8. The normalized spacial score (nSPS) is 33.8. The Bertz CT molecular complexity index is 1210. The second-order valence-corrected chi connectivity index (χ2v) is 19.6. The van der Waals surface area contributed by atoms with Crippen LogP contribution in [-0.2, 0) is 5.41 Å². The second-order valence-electron chi connectivity index (χ2n) is 19.6. The van der Waals surface area contributed by atoms with E-state index < -0.39 is 0 Å². The van der Waals surface area contributed by atoms with Gasteiger partial charge < -0.3 is 0 Å². The molecule has 0 aliphatic heterocycles. The molecule has 0 aromatic heterocycles. The van der Waals surface area contributed by atoms with E-state index in [1.165, 1.54) is 64.2 Å². The number of fused-ring (bicyclic) bond motifs is 3. The van der Waals surface area contributed by atoms with Crippen LogP contribution < -0.4 is 0 Å². The number of benzene rings is 2. The van der Waals surface area contributed by atoms with Crippen molar-refractivity contribution in [2.75, 3.05) is 0 Å². The third-order valence-electron chi connectivity index (χ3n) is 15.0. The van der Waals surface area contributed by atoms with Crippen molar-refractivity contribution in [1.29, 1.82) is 0 Å². The fourth-order valence-corrected chi connectivity index (χ4v) is 12.4. The van der Waals surface area contributed by atoms with Crippen molar-refractivity contribution in [3.8, 4) is 0 Å². The van der Waals surface area contributed by atoms with E-state index in [1.807, 2.05) is 0 Å². The van der Waals surface area contributed by atoms with Crippen LogP contribution >= 0.6 is 0 Å². The summed E-state index contributed by atoms with van der Waals surface area (Å²) in [5, 5.41) is 0. The summed E-state index contributed by atoms with van der Waals surface area (Å²) in [6, 6.07) is 24.3. The molecule has 6 rings (SSSR count). The molecule has 0 spiro atoms. The molecule has 0 radical (unpaired) electrons. The van der Waals surface area contributed by atoms with Crippen LogP contribution in [0.5, 0.6) is 0 Å². The molecule has 4 saturated carbocycles. The molecule has 2 aromatic rings. The van der Waals surface area contributed by atoms with E-state index in [1.54, 1.807) is 11.1 Å². The van der Waals surface area contributed by atoms with Crippen molar-refractivity contribution in [2.45, 2.75) is 131 Å². The SMILES string of the molecule is C=CCCC(C)(C)C1CCC(C(c2ccccc2)(c2ccccc2)C2C3CC(C(C)(C)C)CCC3C3CCC(C(C)(C)C)CC32)C1. The highest BCUT2D eigenvalue weighted by Gasteiger charge is 2.64. The van der Waals surface area contributed by atoms with Gasteiger partial charge in [-0.25, -0.2) is 0 Å². The maximum Gasteiger partial charge on any atom is 0.0264 e. The van der Waals surface area contributed by atoms with Gasteiger partial charge in [0.15, 0.2) is 0 Å². The highest BCUT2D eigenvalue weighted by molar-refractivity contribution is 5.44. The lowest BCUT2D eigenvalue weighted by molar-refractivity contribution is 0.0402. The molecule has 8 atom stereocenters. The van der Waals surface area contributed by atoms with E-state index in [4.69, 9.17) is 0 Å². The van der Waals surface area contributed by atoms with E-state index in [9.17, 15) is 0 Å². The summed E-state index contributed by atoms with van der Waals surface area (Å²) in [4.78, 5) is 0. The molecule has 0 amide bonds. The minimum atomic E-state index is 0.0632. The maximum atomic E-state index is 4.10. The monoisotopic (exact) mass is 621 g/mol. The number of hydrogen-bond donors (Lipinski definition) is 0. The van der Waals surface area contributed by atoms with Crippen molar-refractivity contribution >= 4 is 0 Å². The first kappa shape index (κ1) is 34.1. The molecule has 4 aliphatic carbocycles. The molecule has 0 N–H and O–H groups in total. The van der Waals surface area contributed by atoms with Gasteiger partial charge in [0.25, 0.3) is 0 Å². The molecule has 4 aliphatic rings. The summed E-state index contributed by atoms with van der Waals surface area (Å²) >= 11 is 0. The zero-order valence-electron chi connectivity index (χ0n) is 31.0. The molecular weight excluding hydrogens is 553 g/mol. The van der Waals surface area contributed by atoms with Crippen molar-refractivity contribution < 1.29 is 0 Å². The molecule has 0 heterocycles. The van der Waals surface area contributed by atoms with Crippen molar-refractivity contribution in [2.24, 2.45) is 69.5 Å². The topological polar surface area (TPSA) is 0 Å². The molecule has 46 heavy (non-hydrogen) atoms. The first-order chi connectivity index (χ1) is 21.8. The molecule has 252 valence electrons. The Hall–Kier alpha value is -1.82. The number of allylic oxidation sites excluding steroid dienone is 1. The Morgan fingerprint density at radius 3 is 1.41 bits per heavy atom. The Kier molecular flexibility index (Phi) is 9.55. The first-order valence-electron chi connectivity index (χ1n) is 19.5. The van der Waals surface area contributed by atoms with Gasteiger partial charge in [0.1, 0.15) is 0 Å². The summed E-state index contributed by atoms with van der Waals surface area (Å²) in [7, 11) is 0. The summed E-state index contributed by atoms with van der Waals surface area (Å²) in [6.45, 7) is 24.5. The Morgan fingerprint density at radius 1 is 0.543 bits per heavy atom. The lowest BCUT2D eigenvalue weighted by Gasteiger charge is -2.53. The molecule has 0 saturated heterocycles. The van der Waals surface area contributed by atoms with E-state index in [-0.39, 0.29) is 5.41 Å². The average molecular weight is 621 g/mol. The minimum absolute atomic E-state index is 0.0632. The molecule has 2 aromatic carbocycles. The van der Waals surface area contributed by atoms with E-state index in [2.05, 4.69) is 129 Å². The number of hydrogen-bond acceptors (Lipinski definition) is 0. The van der Waals surface area contributed by atoms with Crippen molar-refractivity contribution in [3.63, 3.8) is 0 Å². The van der Waals surface area contributed by atoms with Gasteiger partial charge in [0.2, 0.25) is 0 Å². The summed E-state index contributed by atoms with van der Waals surface area (Å²) in [5.41, 5.74) is 4.45. The Balaban J connectivity index is 1.55. The van der Waals surface area contributed by atoms with Crippen LogP contribution in [0.25, 0.3) is 0 Å². The van der Waals surface area contributed by atoms with Gasteiger partial charge in [-0.15, -0.1) is 6.58 Å². The predicted octanol–water partition coefficient (Wildman–Crippen LogP) is 13.2. The average Bonchev–Trinajstić information content (AvgIpc) is 3.65. The summed E-state index contributed by atoms with van der Waals surface area (Å²) in [6.07, 6.45) is 17.3. The zero-order chi connectivity index (χ0) is 32.9. The highest BCUT2D eigenvalue weighted by Crippen LogP contribution is 2.69. The molecule has 8 unspecified atom stereocenters.